The Kier molecular flexibility index (Phi) is 4.00. The van der Waals surface area contributed by atoms with Crippen LogP contribution in [0.4, 0.5) is 0 Å². The maximum Gasteiger partial charge on any atom is 0.303 e. The molecule has 0 aromatic carbocycles. The number of carboxylic acids is 1. The molecule has 0 aromatic heterocycles. The summed E-state index contributed by atoms with van der Waals surface area (Å²) < 4.78 is 0. The third kappa shape index (κ3) is 2.97. The van der Waals surface area contributed by atoms with Crippen molar-refractivity contribution in [1.29, 1.82) is 0 Å². The van der Waals surface area contributed by atoms with Gasteiger partial charge in [0.1, 0.15) is 0 Å². The van der Waals surface area contributed by atoms with Crippen LogP contribution in [0.2, 0.25) is 0 Å². The van der Waals surface area contributed by atoms with Gasteiger partial charge >= 0.3 is 5.97 Å². The highest BCUT2D eigenvalue weighted by Gasteiger charge is 2.44. The zero-order valence-corrected chi connectivity index (χ0v) is 10.8. The zero-order chi connectivity index (χ0) is 12.4. The Hall–Kier alpha value is -0.570. The fourth-order valence-corrected chi connectivity index (χ4v) is 2.92. The average molecular weight is 227 g/mol. The van der Waals surface area contributed by atoms with Crippen LogP contribution in [-0.2, 0) is 4.79 Å². The number of carboxylic acid groups (broad SMARTS) is 1. The quantitative estimate of drug-likeness (QED) is 0.729. The summed E-state index contributed by atoms with van der Waals surface area (Å²) in [6.07, 6.45) is 5.53. The van der Waals surface area contributed by atoms with Crippen molar-refractivity contribution >= 4 is 5.97 Å². The zero-order valence-electron chi connectivity index (χ0n) is 10.8. The second-order valence-electron chi connectivity index (χ2n) is 6.11. The van der Waals surface area contributed by atoms with E-state index in [-0.39, 0.29) is 11.8 Å². The molecule has 2 atom stereocenters. The van der Waals surface area contributed by atoms with Crippen molar-refractivity contribution in [3.8, 4) is 0 Å². The molecule has 3 heteroatoms. The summed E-state index contributed by atoms with van der Waals surface area (Å²) in [5.41, 5.74) is 5.62. The molecule has 0 aromatic rings. The lowest BCUT2D eigenvalue weighted by Gasteiger charge is -2.43. The molecule has 0 saturated heterocycles. The van der Waals surface area contributed by atoms with Crippen LogP contribution in [0.25, 0.3) is 0 Å². The topological polar surface area (TPSA) is 63.3 Å². The van der Waals surface area contributed by atoms with Gasteiger partial charge in [-0.15, -0.1) is 0 Å². The van der Waals surface area contributed by atoms with Gasteiger partial charge in [-0.1, -0.05) is 26.2 Å². The highest BCUT2D eigenvalue weighted by atomic mass is 16.4. The van der Waals surface area contributed by atoms with E-state index in [1.165, 1.54) is 6.42 Å². The molecule has 2 unspecified atom stereocenters. The molecule has 0 bridgehead atoms. The summed E-state index contributed by atoms with van der Waals surface area (Å²) in [7, 11) is 0. The van der Waals surface area contributed by atoms with Crippen molar-refractivity contribution < 1.29 is 9.90 Å². The summed E-state index contributed by atoms with van der Waals surface area (Å²) in [6, 6.07) is 0. The Bertz CT molecular complexity index is 257. The minimum atomic E-state index is -0.715. The van der Waals surface area contributed by atoms with E-state index in [0.717, 1.165) is 25.7 Å². The van der Waals surface area contributed by atoms with E-state index in [9.17, 15) is 4.79 Å². The van der Waals surface area contributed by atoms with E-state index in [2.05, 4.69) is 6.92 Å². The molecular formula is C13H25NO2. The van der Waals surface area contributed by atoms with E-state index in [1.54, 1.807) is 0 Å². The largest absolute Gasteiger partial charge is 0.481 e. The Labute approximate surface area is 98.4 Å². The van der Waals surface area contributed by atoms with Crippen LogP contribution in [0.1, 0.15) is 59.3 Å². The monoisotopic (exact) mass is 227 g/mol. The minimum absolute atomic E-state index is 0.212. The first-order valence-corrected chi connectivity index (χ1v) is 6.27. The van der Waals surface area contributed by atoms with Crippen LogP contribution in [0.3, 0.4) is 0 Å². The van der Waals surface area contributed by atoms with E-state index < -0.39 is 11.5 Å². The molecule has 0 amide bonds. The third-order valence-electron chi connectivity index (χ3n) is 4.32. The van der Waals surface area contributed by atoms with Gasteiger partial charge in [0.05, 0.1) is 6.42 Å². The van der Waals surface area contributed by atoms with Crippen molar-refractivity contribution in [2.75, 3.05) is 0 Å². The summed E-state index contributed by atoms with van der Waals surface area (Å²) in [5, 5.41) is 9.10. The van der Waals surface area contributed by atoms with Crippen LogP contribution < -0.4 is 5.73 Å². The average Bonchev–Trinajstić information content (AvgIpc) is 2.27. The third-order valence-corrected chi connectivity index (χ3v) is 4.32. The Balaban J connectivity index is 2.90. The number of carbonyl (C=O) groups is 1. The van der Waals surface area contributed by atoms with Crippen LogP contribution in [0.15, 0.2) is 0 Å². The van der Waals surface area contributed by atoms with E-state index >= 15 is 0 Å². The van der Waals surface area contributed by atoms with Crippen LogP contribution in [0, 0.1) is 11.3 Å². The van der Waals surface area contributed by atoms with Crippen LogP contribution in [-0.4, -0.2) is 16.6 Å². The lowest BCUT2D eigenvalue weighted by molar-refractivity contribution is -0.141. The molecule has 1 saturated carbocycles. The van der Waals surface area contributed by atoms with Crippen LogP contribution >= 0.6 is 0 Å². The number of hydrogen-bond donors (Lipinski definition) is 2. The first kappa shape index (κ1) is 13.5. The Morgan fingerprint density at radius 2 is 2.06 bits per heavy atom. The summed E-state index contributed by atoms with van der Waals surface area (Å²) in [4.78, 5) is 11.1. The predicted molar refractivity (Wildman–Crippen MR) is 65.2 cm³/mol. The predicted octanol–water partition coefficient (Wildman–Crippen LogP) is 2.79. The van der Waals surface area contributed by atoms with Gasteiger partial charge in [-0.05, 0) is 38.0 Å². The van der Waals surface area contributed by atoms with Gasteiger partial charge in [0.25, 0.3) is 0 Å². The smallest absolute Gasteiger partial charge is 0.303 e. The van der Waals surface area contributed by atoms with Crippen molar-refractivity contribution in [1.82, 2.24) is 0 Å². The molecule has 0 aliphatic heterocycles. The molecule has 1 aliphatic rings. The lowest BCUT2D eigenvalue weighted by atomic mass is 9.65. The molecule has 1 rings (SSSR count). The lowest BCUT2D eigenvalue weighted by Crippen LogP contribution is -2.51. The molecule has 94 valence electrons. The minimum Gasteiger partial charge on any atom is -0.481 e. The van der Waals surface area contributed by atoms with Crippen molar-refractivity contribution in [2.24, 2.45) is 17.1 Å². The molecular weight excluding hydrogens is 202 g/mol. The summed E-state index contributed by atoms with van der Waals surface area (Å²) in [6.45, 7) is 6.21. The van der Waals surface area contributed by atoms with Crippen LogP contribution in [0.5, 0.6) is 0 Å². The van der Waals surface area contributed by atoms with Gasteiger partial charge in [0.15, 0.2) is 0 Å². The molecule has 1 fully saturated rings. The fourth-order valence-electron chi connectivity index (χ4n) is 2.92. The molecule has 3 nitrogen and oxygen atoms in total. The van der Waals surface area contributed by atoms with Crippen molar-refractivity contribution in [2.45, 2.75) is 64.8 Å². The van der Waals surface area contributed by atoms with Crippen molar-refractivity contribution in [3.63, 3.8) is 0 Å². The summed E-state index contributed by atoms with van der Waals surface area (Å²) in [5.74, 6) is -0.00824. The van der Waals surface area contributed by atoms with E-state index in [4.69, 9.17) is 10.8 Å². The number of hydrogen-bond acceptors (Lipinski definition) is 2. The van der Waals surface area contributed by atoms with Gasteiger partial charge in [0, 0.05) is 5.54 Å². The van der Waals surface area contributed by atoms with E-state index in [0.29, 0.717) is 5.92 Å². The first-order valence-electron chi connectivity index (χ1n) is 6.27. The summed E-state index contributed by atoms with van der Waals surface area (Å²) >= 11 is 0. The SMILES string of the molecule is CC1CCCC(CC(=O)O)(C(C)(C)N)CC1. The Morgan fingerprint density at radius 3 is 2.56 bits per heavy atom. The van der Waals surface area contributed by atoms with E-state index in [1.807, 2.05) is 13.8 Å². The number of rotatable bonds is 3. The maximum atomic E-state index is 11.1. The molecule has 3 N–H and O–H groups in total. The Morgan fingerprint density at radius 1 is 1.44 bits per heavy atom. The fraction of sp³-hybridized carbons (Fsp3) is 0.923. The normalized spacial score (nSPS) is 32.1. The molecule has 0 radical (unpaired) electrons. The molecule has 1 aliphatic carbocycles. The number of nitrogens with two attached hydrogens (primary N) is 1. The highest BCUT2D eigenvalue weighted by molar-refractivity contribution is 5.68. The van der Waals surface area contributed by atoms with Gasteiger partial charge < -0.3 is 10.8 Å². The second kappa shape index (κ2) is 4.74. The van der Waals surface area contributed by atoms with Gasteiger partial charge in [-0.2, -0.15) is 0 Å². The molecule has 0 spiro atoms. The second-order valence-corrected chi connectivity index (χ2v) is 6.11. The van der Waals surface area contributed by atoms with Gasteiger partial charge in [0.2, 0.25) is 0 Å². The first-order chi connectivity index (χ1) is 7.27. The van der Waals surface area contributed by atoms with Crippen molar-refractivity contribution in [3.05, 3.63) is 0 Å². The molecule has 0 heterocycles. The van der Waals surface area contributed by atoms with Gasteiger partial charge in [-0.25, -0.2) is 0 Å². The standard InChI is InChI=1S/C13H25NO2/c1-10-5-4-7-13(8-6-10,9-11(15)16)12(2,3)14/h10H,4-9,14H2,1-3H3,(H,15,16). The maximum absolute atomic E-state index is 11.1. The number of aliphatic carboxylic acids is 1. The van der Waals surface area contributed by atoms with Gasteiger partial charge in [-0.3, -0.25) is 4.79 Å². The highest BCUT2D eigenvalue weighted by Crippen LogP contribution is 2.46. The molecule has 16 heavy (non-hydrogen) atoms.